The van der Waals surface area contributed by atoms with E-state index >= 15 is 0 Å². The van der Waals surface area contributed by atoms with Crippen LogP contribution in [0.25, 0.3) is 17.1 Å². The second-order valence-electron chi connectivity index (χ2n) is 5.21. The summed E-state index contributed by atoms with van der Waals surface area (Å²) in [6, 6.07) is 13.3. The Hall–Kier alpha value is -3.28. The van der Waals surface area contributed by atoms with Crippen molar-refractivity contribution in [3.63, 3.8) is 0 Å². The number of carbonyl (C=O) groups is 1. The zero-order chi connectivity index (χ0) is 17.3. The van der Waals surface area contributed by atoms with Crippen LogP contribution in [0.15, 0.2) is 59.5 Å². The van der Waals surface area contributed by atoms with Gasteiger partial charge in [0, 0.05) is 17.3 Å². The minimum absolute atomic E-state index is 0.249. The fourth-order valence-corrected chi connectivity index (χ4v) is 2.43. The van der Waals surface area contributed by atoms with E-state index in [2.05, 4.69) is 4.98 Å². The van der Waals surface area contributed by atoms with Gasteiger partial charge in [0.25, 0.3) is 5.56 Å². The number of carboxylic acid groups (broad SMARTS) is 1. The number of aromatic carboxylic acids is 1. The van der Waals surface area contributed by atoms with E-state index in [-0.39, 0.29) is 5.82 Å². The third kappa shape index (κ3) is 2.69. The number of carboxylic acids is 1. The third-order valence-electron chi connectivity index (χ3n) is 3.69. The molecule has 0 radical (unpaired) electrons. The first-order valence-corrected chi connectivity index (χ1v) is 7.17. The molecule has 3 rings (SSSR count). The standard InChI is InChI=1S/C18H13FN2O3/c1-11-14(19)8-5-9-15(11)21-10-13(18(23)24)17(22)20-16(21)12-6-3-2-4-7-12/h2-10H,1H3,(H,23,24). The van der Waals surface area contributed by atoms with Crippen LogP contribution in [-0.4, -0.2) is 20.6 Å². The van der Waals surface area contributed by atoms with Gasteiger partial charge in [-0.1, -0.05) is 36.4 Å². The fraction of sp³-hybridized carbons (Fsp3) is 0.0556. The van der Waals surface area contributed by atoms with Crippen LogP contribution in [0.3, 0.4) is 0 Å². The van der Waals surface area contributed by atoms with Gasteiger partial charge in [-0.2, -0.15) is 4.98 Å². The van der Waals surface area contributed by atoms with Crippen LogP contribution in [0.4, 0.5) is 4.39 Å². The van der Waals surface area contributed by atoms with Crippen LogP contribution >= 0.6 is 0 Å². The molecule has 0 atom stereocenters. The van der Waals surface area contributed by atoms with Crippen LogP contribution in [0.5, 0.6) is 0 Å². The molecule has 120 valence electrons. The van der Waals surface area contributed by atoms with Gasteiger partial charge in [-0.05, 0) is 19.1 Å². The zero-order valence-corrected chi connectivity index (χ0v) is 12.7. The van der Waals surface area contributed by atoms with Crippen molar-refractivity contribution in [2.24, 2.45) is 0 Å². The maximum atomic E-state index is 13.9. The predicted molar refractivity (Wildman–Crippen MR) is 86.9 cm³/mol. The largest absolute Gasteiger partial charge is 0.477 e. The second kappa shape index (κ2) is 6.08. The summed E-state index contributed by atoms with van der Waals surface area (Å²) < 4.78 is 15.4. The molecule has 0 amide bonds. The Morgan fingerprint density at radius 1 is 1.12 bits per heavy atom. The molecule has 0 aliphatic carbocycles. The van der Waals surface area contributed by atoms with E-state index in [0.717, 1.165) is 0 Å². The van der Waals surface area contributed by atoms with Gasteiger partial charge in [0.15, 0.2) is 0 Å². The van der Waals surface area contributed by atoms with Gasteiger partial charge in [-0.25, -0.2) is 9.18 Å². The summed E-state index contributed by atoms with van der Waals surface area (Å²) >= 11 is 0. The molecule has 0 aliphatic rings. The van der Waals surface area contributed by atoms with Gasteiger partial charge in [-0.15, -0.1) is 0 Å². The lowest BCUT2D eigenvalue weighted by atomic mass is 10.1. The average molecular weight is 324 g/mol. The highest BCUT2D eigenvalue weighted by Gasteiger charge is 2.17. The Balaban J connectivity index is 2.38. The Kier molecular flexibility index (Phi) is 3.95. The van der Waals surface area contributed by atoms with E-state index in [1.165, 1.54) is 22.9 Å². The highest BCUT2D eigenvalue weighted by Crippen LogP contribution is 2.23. The minimum atomic E-state index is -1.38. The molecule has 1 N–H and O–H groups in total. The van der Waals surface area contributed by atoms with Crippen LogP contribution in [0.1, 0.15) is 15.9 Å². The molecule has 6 heteroatoms. The number of benzene rings is 2. The van der Waals surface area contributed by atoms with E-state index < -0.39 is 22.9 Å². The maximum Gasteiger partial charge on any atom is 0.342 e. The van der Waals surface area contributed by atoms with E-state index in [0.29, 0.717) is 16.8 Å². The Morgan fingerprint density at radius 3 is 2.50 bits per heavy atom. The van der Waals surface area contributed by atoms with Gasteiger partial charge in [0.1, 0.15) is 17.2 Å². The van der Waals surface area contributed by atoms with Gasteiger partial charge < -0.3 is 5.11 Å². The molecule has 0 saturated heterocycles. The summed E-state index contributed by atoms with van der Waals surface area (Å²) in [7, 11) is 0. The first-order valence-electron chi connectivity index (χ1n) is 7.17. The number of halogens is 1. The first kappa shape index (κ1) is 15.6. The van der Waals surface area contributed by atoms with E-state index in [1.54, 1.807) is 37.3 Å². The van der Waals surface area contributed by atoms with Crippen molar-refractivity contribution in [2.45, 2.75) is 6.92 Å². The number of rotatable bonds is 3. The Morgan fingerprint density at radius 2 is 1.83 bits per heavy atom. The number of aromatic nitrogens is 2. The number of nitrogens with zero attached hydrogens (tertiary/aromatic N) is 2. The summed E-state index contributed by atoms with van der Waals surface area (Å²) in [6.45, 7) is 1.58. The summed E-state index contributed by atoms with van der Waals surface area (Å²) in [6.07, 6.45) is 1.18. The second-order valence-corrected chi connectivity index (χ2v) is 5.21. The molecule has 0 saturated carbocycles. The van der Waals surface area contributed by atoms with Gasteiger partial charge in [0.2, 0.25) is 0 Å². The SMILES string of the molecule is Cc1c(F)cccc1-n1cc(C(=O)O)c(=O)nc1-c1ccccc1. The quantitative estimate of drug-likeness (QED) is 0.804. The topological polar surface area (TPSA) is 72.2 Å². The molecule has 0 spiro atoms. The lowest BCUT2D eigenvalue weighted by Gasteiger charge is -2.16. The number of hydrogen-bond donors (Lipinski definition) is 1. The smallest absolute Gasteiger partial charge is 0.342 e. The summed E-state index contributed by atoms with van der Waals surface area (Å²) in [5.41, 5.74) is 0.0560. The molecule has 24 heavy (non-hydrogen) atoms. The summed E-state index contributed by atoms with van der Waals surface area (Å²) in [5, 5.41) is 9.19. The maximum absolute atomic E-state index is 13.9. The Bertz CT molecular complexity index is 981. The van der Waals surface area contributed by atoms with Crippen molar-refractivity contribution in [2.75, 3.05) is 0 Å². The van der Waals surface area contributed by atoms with Crippen molar-refractivity contribution in [1.29, 1.82) is 0 Å². The minimum Gasteiger partial charge on any atom is -0.477 e. The predicted octanol–water partition coefficient (Wildman–Crippen LogP) is 3.05. The van der Waals surface area contributed by atoms with E-state index in [4.69, 9.17) is 0 Å². The van der Waals surface area contributed by atoms with Crippen LogP contribution in [0, 0.1) is 12.7 Å². The van der Waals surface area contributed by atoms with Crippen LogP contribution in [-0.2, 0) is 0 Å². The van der Waals surface area contributed by atoms with Crippen molar-refractivity contribution in [3.8, 4) is 17.1 Å². The third-order valence-corrected chi connectivity index (χ3v) is 3.69. The summed E-state index contributed by atoms with van der Waals surface area (Å²) in [5.74, 6) is -1.56. The monoisotopic (exact) mass is 324 g/mol. The highest BCUT2D eigenvalue weighted by atomic mass is 19.1. The molecule has 1 heterocycles. The lowest BCUT2D eigenvalue weighted by molar-refractivity contribution is 0.0694. The van der Waals surface area contributed by atoms with Crippen molar-refractivity contribution >= 4 is 5.97 Å². The van der Waals surface area contributed by atoms with Gasteiger partial charge in [0.05, 0.1) is 5.69 Å². The van der Waals surface area contributed by atoms with Crippen molar-refractivity contribution < 1.29 is 14.3 Å². The normalized spacial score (nSPS) is 10.6. The van der Waals surface area contributed by atoms with Gasteiger partial charge >= 0.3 is 5.97 Å². The van der Waals surface area contributed by atoms with Crippen LogP contribution < -0.4 is 5.56 Å². The Labute approximate surface area is 136 Å². The van der Waals surface area contributed by atoms with Crippen molar-refractivity contribution in [3.05, 3.63) is 82.0 Å². The number of hydrogen-bond acceptors (Lipinski definition) is 3. The molecule has 0 unspecified atom stereocenters. The van der Waals surface area contributed by atoms with Crippen molar-refractivity contribution in [1.82, 2.24) is 9.55 Å². The van der Waals surface area contributed by atoms with Gasteiger partial charge in [-0.3, -0.25) is 9.36 Å². The molecule has 0 fully saturated rings. The molecule has 0 aliphatic heterocycles. The first-order chi connectivity index (χ1) is 11.5. The molecular weight excluding hydrogens is 311 g/mol. The molecule has 1 aromatic heterocycles. The molecular formula is C18H13FN2O3. The molecule has 0 bridgehead atoms. The summed E-state index contributed by atoms with van der Waals surface area (Å²) in [4.78, 5) is 27.2. The molecule has 2 aromatic carbocycles. The van der Waals surface area contributed by atoms with E-state index in [1.807, 2.05) is 6.07 Å². The molecule has 5 nitrogen and oxygen atoms in total. The lowest BCUT2D eigenvalue weighted by Crippen LogP contribution is -2.22. The highest BCUT2D eigenvalue weighted by molar-refractivity contribution is 5.87. The van der Waals surface area contributed by atoms with E-state index in [9.17, 15) is 19.1 Å². The fourth-order valence-electron chi connectivity index (χ4n) is 2.43. The average Bonchev–Trinajstić information content (AvgIpc) is 2.58. The van der Waals surface area contributed by atoms with Crippen LogP contribution in [0.2, 0.25) is 0 Å². The molecule has 3 aromatic rings. The zero-order valence-electron chi connectivity index (χ0n) is 12.7.